The molecule has 2 aromatic heterocycles. The monoisotopic (exact) mass is 403 g/mol. The number of carbonyl (C=O) groups excluding carboxylic acids is 1. The van der Waals surface area contributed by atoms with Crippen LogP contribution in [0.15, 0.2) is 40.9 Å². The van der Waals surface area contributed by atoms with Crippen LogP contribution >= 0.6 is 35.3 Å². The third-order valence-electron chi connectivity index (χ3n) is 3.55. The summed E-state index contributed by atoms with van der Waals surface area (Å²) in [7, 11) is 0. The van der Waals surface area contributed by atoms with Gasteiger partial charge in [-0.2, -0.15) is 0 Å². The SMILES string of the molecule is Cc1ccc(NC(=S)NNC(=O)CSc2nc3cccnc3s2)cc1C. The van der Waals surface area contributed by atoms with E-state index in [1.54, 1.807) is 6.20 Å². The molecule has 0 radical (unpaired) electrons. The second kappa shape index (κ2) is 8.43. The Morgan fingerprint density at radius 3 is 2.85 bits per heavy atom. The molecule has 1 amide bonds. The number of pyridine rings is 1. The number of fused-ring (bicyclic) bond motifs is 1. The van der Waals surface area contributed by atoms with Gasteiger partial charge in [-0.3, -0.25) is 15.6 Å². The van der Waals surface area contributed by atoms with Gasteiger partial charge in [-0.25, -0.2) is 9.97 Å². The number of hydrazine groups is 1. The van der Waals surface area contributed by atoms with E-state index in [2.05, 4.69) is 33.1 Å². The molecule has 2 heterocycles. The van der Waals surface area contributed by atoms with Gasteiger partial charge in [0.05, 0.1) is 5.75 Å². The molecule has 0 aliphatic heterocycles. The number of carbonyl (C=O) groups is 1. The Balaban J connectivity index is 1.44. The van der Waals surface area contributed by atoms with Crippen molar-refractivity contribution >= 4 is 62.4 Å². The third kappa shape index (κ3) is 4.90. The molecule has 0 saturated carbocycles. The van der Waals surface area contributed by atoms with E-state index in [9.17, 15) is 4.79 Å². The van der Waals surface area contributed by atoms with Crippen molar-refractivity contribution in [2.75, 3.05) is 11.1 Å². The standard InChI is InChI=1S/C17H17N5OS3/c1-10-5-6-12(8-11(10)2)19-16(24)22-21-14(23)9-25-17-20-13-4-3-7-18-15(13)26-17/h3-8H,9H2,1-2H3,(H,21,23)(H2,19,22,24). The van der Waals surface area contributed by atoms with Gasteiger partial charge in [0, 0.05) is 11.9 Å². The first-order valence-corrected chi connectivity index (χ1v) is 10.00. The predicted molar refractivity (Wildman–Crippen MR) is 112 cm³/mol. The van der Waals surface area contributed by atoms with Crippen LogP contribution in [0.3, 0.4) is 0 Å². The summed E-state index contributed by atoms with van der Waals surface area (Å²) in [6, 6.07) is 9.71. The molecule has 3 N–H and O–H groups in total. The number of anilines is 1. The minimum absolute atomic E-state index is 0.188. The Labute approximate surface area is 164 Å². The zero-order valence-electron chi connectivity index (χ0n) is 14.2. The molecule has 0 aliphatic carbocycles. The Bertz CT molecular complexity index is 923. The van der Waals surface area contributed by atoms with E-state index in [1.165, 1.54) is 34.2 Å². The molecule has 3 aromatic rings. The van der Waals surface area contributed by atoms with Crippen molar-refractivity contribution < 1.29 is 4.79 Å². The zero-order valence-corrected chi connectivity index (χ0v) is 16.6. The number of aryl methyl sites for hydroxylation is 2. The molecule has 134 valence electrons. The van der Waals surface area contributed by atoms with Crippen molar-refractivity contribution in [3.63, 3.8) is 0 Å². The molecule has 1 aromatic carbocycles. The van der Waals surface area contributed by atoms with E-state index in [0.717, 1.165) is 20.4 Å². The lowest BCUT2D eigenvalue weighted by Gasteiger charge is -2.12. The molecular weight excluding hydrogens is 386 g/mol. The molecule has 3 rings (SSSR count). The van der Waals surface area contributed by atoms with Crippen LogP contribution in [0, 0.1) is 13.8 Å². The maximum absolute atomic E-state index is 12.0. The van der Waals surface area contributed by atoms with E-state index in [4.69, 9.17) is 12.2 Å². The summed E-state index contributed by atoms with van der Waals surface area (Å²) in [5, 5.41) is 3.37. The topological polar surface area (TPSA) is 78.9 Å². The third-order valence-corrected chi connectivity index (χ3v) is 5.88. The summed E-state index contributed by atoms with van der Waals surface area (Å²) in [4.78, 5) is 21.5. The molecule has 6 nitrogen and oxygen atoms in total. The maximum atomic E-state index is 12.0. The maximum Gasteiger partial charge on any atom is 0.248 e. The molecule has 0 spiro atoms. The molecule has 0 aliphatic rings. The van der Waals surface area contributed by atoms with Crippen molar-refractivity contribution in [2.45, 2.75) is 18.2 Å². The highest BCUT2D eigenvalue weighted by molar-refractivity contribution is 8.01. The van der Waals surface area contributed by atoms with Gasteiger partial charge < -0.3 is 5.32 Å². The van der Waals surface area contributed by atoms with Crippen LogP contribution in [0.5, 0.6) is 0 Å². The predicted octanol–water partition coefficient (Wildman–Crippen LogP) is 3.42. The minimum atomic E-state index is -0.188. The zero-order chi connectivity index (χ0) is 18.5. The Morgan fingerprint density at radius 2 is 2.08 bits per heavy atom. The number of amides is 1. The number of thioether (sulfide) groups is 1. The van der Waals surface area contributed by atoms with Crippen molar-refractivity contribution in [3.05, 3.63) is 47.7 Å². The van der Waals surface area contributed by atoms with E-state index >= 15 is 0 Å². The summed E-state index contributed by atoms with van der Waals surface area (Å²) >= 11 is 8.02. The van der Waals surface area contributed by atoms with Crippen LogP contribution in [-0.4, -0.2) is 26.7 Å². The van der Waals surface area contributed by atoms with Crippen molar-refractivity contribution in [2.24, 2.45) is 0 Å². The van der Waals surface area contributed by atoms with Gasteiger partial charge in [-0.15, -0.1) is 0 Å². The second-order valence-electron chi connectivity index (χ2n) is 5.52. The van der Waals surface area contributed by atoms with Crippen LogP contribution in [0.2, 0.25) is 0 Å². The summed E-state index contributed by atoms with van der Waals surface area (Å²) in [6.45, 7) is 4.09. The molecule has 26 heavy (non-hydrogen) atoms. The minimum Gasteiger partial charge on any atom is -0.331 e. The molecule has 0 atom stereocenters. The number of thiazole rings is 1. The van der Waals surface area contributed by atoms with Crippen LogP contribution in [0.1, 0.15) is 11.1 Å². The lowest BCUT2D eigenvalue weighted by atomic mass is 10.1. The second-order valence-corrected chi connectivity index (χ2v) is 8.13. The van der Waals surface area contributed by atoms with Crippen LogP contribution in [0.25, 0.3) is 10.3 Å². The molecule has 0 unspecified atom stereocenters. The number of nitrogens with zero attached hydrogens (tertiary/aromatic N) is 2. The molecule has 0 bridgehead atoms. The smallest absolute Gasteiger partial charge is 0.248 e. The lowest BCUT2D eigenvalue weighted by molar-refractivity contribution is -0.119. The molecule has 0 fully saturated rings. The largest absolute Gasteiger partial charge is 0.331 e. The van der Waals surface area contributed by atoms with Crippen LogP contribution in [-0.2, 0) is 4.79 Å². The highest BCUT2D eigenvalue weighted by Gasteiger charge is 2.08. The highest BCUT2D eigenvalue weighted by Crippen LogP contribution is 2.27. The average molecular weight is 404 g/mol. The fraction of sp³-hybridized carbons (Fsp3) is 0.176. The molecular formula is C17H17N5OS3. The van der Waals surface area contributed by atoms with Crippen LogP contribution < -0.4 is 16.2 Å². The Hall–Kier alpha value is -2.23. The fourth-order valence-electron chi connectivity index (χ4n) is 2.08. The molecule has 9 heteroatoms. The average Bonchev–Trinajstić information content (AvgIpc) is 3.04. The summed E-state index contributed by atoms with van der Waals surface area (Å²) in [6.07, 6.45) is 1.73. The van der Waals surface area contributed by atoms with Gasteiger partial charge in [0.15, 0.2) is 9.45 Å². The van der Waals surface area contributed by atoms with E-state index in [1.807, 2.05) is 37.3 Å². The number of rotatable bonds is 4. The lowest BCUT2D eigenvalue weighted by Crippen LogP contribution is -2.44. The first-order valence-electron chi connectivity index (χ1n) is 7.79. The van der Waals surface area contributed by atoms with Gasteiger partial charge >= 0.3 is 0 Å². The summed E-state index contributed by atoms with van der Waals surface area (Å²) < 4.78 is 0.810. The first kappa shape index (κ1) is 18.6. The first-order chi connectivity index (χ1) is 12.5. The van der Waals surface area contributed by atoms with Gasteiger partial charge in [-0.1, -0.05) is 29.2 Å². The number of benzene rings is 1. The number of nitrogens with one attached hydrogen (secondary N) is 3. The van der Waals surface area contributed by atoms with Crippen LogP contribution in [0.4, 0.5) is 5.69 Å². The summed E-state index contributed by atoms with van der Waals surface area (Å²) in [5.41, 5.74) is 9.39. The van der Waals surface area contributed by atoms with Gasteiger partial charge in [0.25, 0.3) is 0 Å². The van der Waals surface area contributed by atoms with E-state index in [-0.39, 0.29) is 11.7 Å². The van der Waals surface area contributed by atoms with Crippen molar-refractivity contribution in [1.82, 2.24) is 20.8 Å². The van der Waals surface area contributed by atoms with Gasteiger partial charge in [0.2, 0.25) is 5.91 Å². The van der Waals surface area contributed by atoms with E-state index < -0.39 is 0 Å². The number of hydrogen-bond acceptors (Lipinski definition) is 6. The van der Waals surface area contributed by atoms with Gasteiger partial charge in [0.1, 0.15) is 10.3 Å². The van der Waals surface area contributed by atoms with Crippen molar-refractivity contribution in [3.8, 4) is 0 Å². The normalized spacial score (nSPS) is 10.5. The Morgan fingerprint density at radius 1 is 1.23 bits per heavy atom. The highest BCUT2D eigenvalue weighted by atomic mass is 32.2. The van der Waals surface area contributed by atoms with E-state index in [0.29, 0.717) is 5.11 Å². The molecule has 0 saturated heterocycles. The number of thiocarbonyl (C=S) groups is 1. The summed E-state index contributed by atoms with van der Waals surface area (Å²) in [5.74, 6) is 0.0467. The fourth-order valence-corrected chi connectivity index (χ4v) is 4.03. The quantitative estimate of drug-likeness (QED) is 0.350. The van der Waals surface area contributed by atoms with Gasteiger partial charge in [-0.05, 0) is 61.5 Å². The van der Waals surface area contributed by atoms with Crippen molar-refractivity contribution in [1.29, 1.82) is 0 Å². The number of hydrogen-bond donors (Lipinski definition) is 3. The Kier molecular flexibility index (Phi) is 6.02. The number of aromatic nitrogens is 2.